The van der Waals surface area contributed by atoms with Crippen LogP contribution in [0.15, 0.2) is 12.1 Å². The van der Waals surface area contributed by atoms with Gasteiger partial charge in [0.25, 0.3) is 0 Å². The molecule has 0 amide bonds. The molecule has 0 unspecified atom stereocenters. The molecule has 3 heteroatoms. The SMILES string of the molecule is CC(C)(C)c1cc(CCl)cc(OCC2CCCCC2)n1. The number of alkyl halides is 1. The van der Waals surface area contributed by atoms with Gasteiger partial charge in [-0.25, -0.2) is 4.98 Å². The van der Waals surface area contributed by atoms with E-state index in [9.17, 15) is 0 Å². The zero-order chi connectivity index (χ0) is 14.6. The third kappa shape index (κ3) is 4.37. The second-order valence-corrected chi connectivity index (χ2v) is 7.16. The molecule has 1 heterocycles. The number of hydrogen-bond donors (Lipinski definition) is 0. The molecule has 0 aromatic carbocycles. The maximum atomic E-state index is 5.99. The van der Waals surface area contributed by atoms with Crippen molar-refractivity contribution in [3.63, 3.8) is 0 Å². The molecule has 0 atom stereocenters. The quantitative estimate of drug-likeness (QED) is 0.723. The van der Waals surface area contributed by atoms with Gasteiger partial charge in [0.05, 0.1) is 12.3 Å². The van der Waals surface area contributed by atoms with Crippen molar-refractivity contribution >= 4 is 11.6 Å². The number of nitrogens with zero attached hydrogens (tertiary/aromatic N) is 1. The minimum absolute atomic E-state index is 0.0189. The normalized spacial score (nSPS) is 17.2. The first-order chi connectivity index (χ1) is 9.49. The van der Waals surface area contributed by atoms with Crippen LogP contribution >= 0.6 is 11.6 Å². The van der Waals surface area contributed by atoms with E-state index in [1.807, 2.05) is 6.07 Å². The van der Waals surface area contributed by atoms with Crippen molar-refractivity contribution in [1.82, 2.24) is 4.98 Å². The summed E-state index contributed by atoms with van der Waals surface area (Å²) in [6.45, 7) is 7.29. The van der Waals surface area contributed by atoms with E-state index >= 15 is 0 Å². The summed E-state index contributed by atoms with van der Waals surface area (Å²) >= 11 is 5.99. The molecule has 2 rings (SSSR count). The van der Waals surface area contributed by atoms with Gasteiger partial charge in [0, 0.05) is 17.4 Å². The van der Waals surface area contributed by atoms with Gasteiger partial charge < -0.3 is 4.74 Å². The van der Waals surface area contributed by atoms with Crippen LogP contribution in [0.25, 0.3) is 0 Å². The van der Waals surface area contributed by atoms with Crippen LogP contribution in [0.1, 0.15) is 64.1 Å². The first kappa shape index (κ1) is 15.6. The Morgan fingerprint density at radius 3 is 2.50 bits per heavy atom. The molecule has 0 spiro atoms. The standard InChI is InChI=1S/C17H26ClNO/c1-17(2,3)15-9-14(11-18)10-16(19-15)20-12-13-7-5-4-6-8-13/h9-10,13H,4-8,11-12H2,1-3H3. The molecule has 2 nitrogen and oxygen atoms in total. The maximum absolute atomic E-state index is 5.99. The van der Waals surface area contributed by atoms with E-state index in [1.54, 1.807) is 0 Å². The highest BCUT2D eigenvalue weighted by Crippen LogP contribution is 2.27. The van der Waals surface area contributed by atoms with E-state index < -0.39 is 0 Å². The Kier molecular flexibility index (Phi) is 5.31. The molecule has 1 aromatic heterocycles. The number of pyridine rings is 1. The third-order valence-electron chi connectivity index (χ3n) is 3.98. The van der Waals surface area contributed by atoms with Crippen molar-refractivity contribution in [2.24, 2.45) is 5.92 Å². The Morgan fingerprint density at radius 1 is 1.20 bits per heavy atom. The Morgan fingerprint density at radius 2 is 1.90 bits per heavy atom. The van der Waals surface area contributed by atoms with Crippen molar-refractivity contribution in [2.75, 3.05) is 6.61 Å². The van der Waals surface area contributed by atoms with Crippen LogP contribution in [-0.4, -0.2) is 11.6 Å². The number of ether oxygens (including phenoxy) is 1. The predicted molar refractivity (Wildman–Crippen MR) is 84.6 cm³/mol. The fourth-order valence-corrected chi connectivity index (χ4v) is 2.81. The molecule has 1 fully saturated rings. The van der Waals surface area contributed by atoms with Crippen LogP contribution in [0.5, 0.6) is 5.88 Å². The fraction of sp³-hybridized carbons (Fsp3) is 0.706. The molecule has 0 aliphatic heterocycles. The molecule has 0 saturated heterocycles. The molecule has 112 valence electrons. The summed E-state index contributed by atoms with van der Waals surface area (Å²) in [5, 5.41) is 0. The highest BCUT2D eigenvalue weighted by atomic mass is 35.5. The monoisotopic (exact) mass is 295 g/mol. The maximum Gasteiger partial charge on any atom is 0.213 e. The van der Waals surface area contributed by atoms with Gasteiger partial charge >= 0.3 is 0 Å². The minimum Gasteiger partial charge on any atom is -0.477 e. The topological polar surface area (TPSA) is 22.1 Å². The first-order valence-corrected chi connectivity index (χ1v) is 8.22. The summed E-state index contributed by atoms with van der Waals surface area (Å²) in [6, 6.07) is 4.06. The molecule has 1 aliphatic rings. The predicted octanol–water partition coefficient (Wildman–Crippen LogP) is 5.08. The summed E-state index contributed by atoms with van der Waals surface area (Å²) in [5.41, 5.74) is 2.16. The highest BCUT2D eigenvalue weighted by molar-refractivity contribution is 6.17. The zero-order valence-corrected chi connectivity index (χ0v) is 13.7. The lowest BCUT2D eigenvalue weighted by molar-refractivity contribution is 0.202. The average molecular weight is 296 g/mol. The van der Waals surface area contributed by atoms with Gasteiger partial charge in [-0.1, -0.05) is 40.0 Å². The molecule has 0 N–H and O–H groups in total. The molecule has 1 aromatic rings. The zero-order valence-electron chi connectivity index (χ0n) is 12.9. The smallest absolute Gasteiger partial charge is 0.213 e. The summed E-state index contributed by atoms with van der Waals surface area (Å²) < 4.78 is 5.95. The lowest BCUT2D eigenvalue weighted by Crippen LogP contribution is -2.18. The molecule has 0 bridgehead atoms. The molecular weight excluding hydrogens is 270 g/mol. The van der Waals surface area contributed by atoms with Crippen molar-refractivity contribution in [1.29, 1.82) is 0 Å². The van der Waals surface area contributed by atoms with Crippen LogP contribution in [0.4, 0.5) is 0 Å². The molecule has 0 radical (unpaired) electrons. The van der Waals surface area contributed by atoms with E-state index in [0.29, 0.717) is 11.8 Å². The fourth-order valence-electron chi connectivity index (χ4n) is 2.65. The number of aromatic nitrogens is 1. The van der Waals surface area contributed by atoms with Gasteiger partial charge in [0.2, 0.25) is 5.88 Å². The largest absolute Gasteiger partial charge is 0.477 e. The third-order valence-corrected chi connectivity index (χ3v) is 4.28. The Hall–Kier alpha value is -0.760. The van der Waals surface area contributed by atoms with Crippen molar-refractivity contribution in [3.8, 4) is 5.88 Å². The van der Waals surface area contributed by atoms with Crippen molar-refractivity contribution in [2.45, 2.75) is 64.2 Å². The summed E-state index contributed by atoms with van der Waals surface area (Å²) in [5.74, 6) is 1.94. The first-order valence-electron chi connectivity index (χ1n) is 7.69. The van der Waals surface area contributed by atoms with E-state index in [0.717, 1.165) is 23.7 Å². The van der Waals surface area contributed by atoms with Gasteiger partial charge in [-0.15, -0.1) is 11.6 Å². The van der Waals surface area contributed by atoms with E-state index in [1.165, 1.54) is 32.1 Å². The summed E-state index contributed by atoms with van der Waals surface area (Å²) in [4.78, 5) is 4.66. The van der Waals surface area contributed by atoms with Gasteiger partial charge in [-0.2, -0.15) is 0 Å². The number of rotatable bonds is 4. The van der Waals surface area contributed by atoms with E-state index in [4.69, 9.17) is 16.3 Å². The second-order valence-electron chi connectivity index (χ2n) is 6.90. The second kappa shape index (κ2) is 6.80. The Balaban J connectivity index is 2.06. The average Bonchev–Trinajstić information content (AvgIpc) is 2.45. The van der Waals surface area contributed by atoms with Crippen LogP contribution in [0.2, 0.25) is 0 Å². The molecule has 20 heavy (non-hydrogen) atoms. The lowest BCUT2D eigenvalue weighted by Gasteiger charge is -2.23. The Bertz CT molecular complexity index is 433. The van der Waals surface area contributed by atoms with Gasteiger partial charge in [0.1, 0.15) is 0 Å². The summed E-state index contributed by atoms with van der Waals surface area (Å²) in [6.07, 6.45) is 6.65. The van der Waals surface area contributed by atoms with Crippen LogP contribution in [-0.2, 0) is 11.3 Å². The molecular formula is C17H26ClNO. The number of hydrogen-bond acceptors (Lipinski definition) is 2. The summed E-state index contributed by atoms with van der Waals surface area (Å²) in [7, 11) is 0. The molecule has 1 saturated carbocycles. The van der Waals surface area contributed by atoms with Crippen LogP contribution < -0.4 is 4.74 Å². The minimum atomic E-state index is 0.0189. The molecule has 1 aliphatic carbocycles. The van der Waals surface area contributed by atoms with Gasteiger partial charge in [-0.05, 0) is 30.4 Å². The van der Waals surface area contributed by atoms with Crippen LogP contribution in [0, 0.1) is 5.92 Å². The van der Waals surface area contributed by atoms with Gasteiger partial charge in [-0.3, -0.25) is 0 Å². The number of halogens is 1. The Labute approximate surface area is 127 Å². The lowest BCUT2D eigenvalue weighted by atomic mass is 9.90. The van der Waals surface area contributed by atoms with Crippen LogP contribution in [0.3, 0.4) is 0 Å². The highest BCUT2D eigenvalue weighted by Gasteiger charge is 2.19. The van der Waals surface area contributed by atoms with Crippen molar-refractivity contribution in [3.05, 3.63) is 23.4 Å². The van der Waals surface area contributed by atoms with E-state index in [2.05, 4.69) is 31.8 Å². The van der Waals surface area contributed by atoms with Crippen molar-refractivity contribution < 1.29 is 4.74 Å². The van der Waals surface area contributed by atoms with E-state index in [-0.39, 0.29) is 5.41 Å². The van der Waals surface area contributed by atoms with Gasteiger partial charge in [0.15, 0.2) is 0 Å².